The van der Waals surface area contributed by atoms with Crippen molar-refractivity contribution < 1.29 is 5.11 Å². The fourth-order valence-electron chi connectivity index (χ4n) is 2.35. The van der Waals surface area contributed by atoms with Crippen molar-refractivity contribution in [2.24, 2.45) is 5.92 Å². The van der Waals surface area contributed by atoms with E-state index in [9.17, 15) is 5.11 Å². The molecule has 1 aromatic carbocycles. The van der Waals surface area contributed by atoms with Gasteiger partial charge in [-0.05, 0) is 42.3 Å². The van der Waals surface area contributed by atoms with Gasteiger partial charge in [-0.25, -0.2) is 0 Å². The van der Waals surface area contributed by atoms with Gasteiger partial charge < -0.3 is 10.4 Å². The van der Waals surface area contributed by atoms with Crippen molar-refractivity contribution >= 4 is 0 Å². The van der Waals surface area contributed by atoms with Crippen molar-refractivity contribution in [2.45, 2.75) is 65.5 Å². The Balaban J connectivity index is 2.62. The van der Waals surface area contributed by atoms with Gasteiger partial charge in [-0.15, -0.1) is 0 Å². The summed E-state index contributed by atoms with van der Waals surface area (Å²) in [5.74, 6) is 1.23. The molecule has 0 aromatic heterocycles. The van der Waals surface area contributed by atoms with E-state index in [1.54, 1.807) is 0 Å². The predicted molar refractivity (Wildman–Crippen MR) is 87.0 cm³/mol. The molecule has 0 heterocycles. The minimum absolute atomic E-state index is 0.138. The van der Waals surface area contributed by atoms with Crippen LogP contribution in [0.4, 0.5) is 0 Å². The summed E-state index contributed by atoms with van der Waals surface area (Å²) in [7, 11) is 0. The molecule has 2 N–H and O–H groups in total. The Labute approximate surface area is 124 Å². The summed E-state index contributed by atoms with van der Waals surface area (Å²) < 4.78 is 0. The highest BCUT2D eigenvalue weighted by Crippen LogP contribution is 2.22. The van der Waals surface area contributed by atoms with E-state index >= 15 is 0 Å². The Morgan fingerprint density at radius 2 is 1.55 bits per heavy atom. The zero-order valence-corrected chi connectivity index (χ0v) is 13.7. The monoisotopic (exact) mass is 277 g/mol. The van der Waals surface area contributed by atoms with Crippen molar-refractivity contribution in [3.05, 3.63) is 35.4 Å². The molecule has 0 saturated heterocycles. The van der Waals surface area contributed by atoms with E-state index in [0.717, 1.165) is 24.9 Å². The Morgan fingerprint density at radius 1 is 1.00 bits per heavy atom. The molecular weight excluding hydrogens is 246 g/mol. The van der Waals surface area contributed by atoms with Crippen LogP contribution in [0.25, 0.3) is 0 Å². The number of rotatable bonds is 8. The van der Waals surface area contributed by atoms with Crippen LogP contribution < -0.4 is 5.32 Å². The predicted octanol–water partition coefficient (Wildman–Crippen LogP) is 4.26. The number of aliphatic hydroxyl groups is 1. The summed E-state index contributed by atoms with van der Waals surface area (Å²) in [6.45, 7) is 11.9. The SMILES string of the molecule is CCC(NCCC(C)C)C(O)c1ccc(C(C)C)cc1. The molecular formula is C18H31NO. The van der Waals surface area contributed by atoms with Crippen LogP contribution in [-0.2, 0) is 0 Å². The molecule has 0 saturated carbocycles. The number of hydrogen-bond acceptors (Lipinski definition) is 2. The average Bonchev–Trinajstić information content (AvgIpc) is 2.42. The van der Waals surface area contributed by atoms with E-state index in [2.05, 4.69) is 64.2 Å². The first kappa shape index (κ1) is 17.2. The molecule has 0 aliphatic carbocycles. The van der Waals surface area contributed by atoms with Crippen LogP contribution >= 0.6 is 0 Å². The zero-order valence-electron chi connectivity index (χ0n) is 13.7. The molecule has 0 spiro atoms. The van der Waals surface area contributed by atoms with Gasteiger partial charge in [0, 0.05) is 6.04 Å². The minimum atomic E-state index is -0.423. The maximum absolute atomic E-state index is 10.5. The first-order chi connectivity index (χ1) is 9.45. The second-order valence-corrected chi connectivity index (χ2v) is 6.42. The molecule has 0 aliphatic rings. The molecule has 0 aliphatic heterocycles. The first-order valence-corrected chi connectivity index (χ1v) is 7.97. The van der Waals surface area contributed by atoms with Crippen molar-refractivity contribution in [3.8, 4) is 0 Å². The second kappa shape index (κ2) is 8.43. The van der Waals surface area contributed by atoms with Crippen LogP contribution in [0.15, 0.2) is 24.3 Å². The summed E-state index contributed by atoms with van der Waals surface area (Å²) >= 11 is 0. The molecule has 2 nitrogen and oxygen atoms in total. The Bertz CT molecular complexity index is 370. The van der Waals surface area contributed by atoms with Gasteiger partial charge in [0.25, 0.3) is 0 Å². The topological polar surface area (TPSA) is 32.3 Å². The third-order valence-electron chi connectivity index (χ3n) is 3.89. The van der Waals surface area contributed by atoms with Crippen molar-refractivity contribution in [1.82, 2.24) is 5.32 Å². The molecule has 0 amide bonds. The highest BCUT2D eigenvalue weighted by Gasteiger charge is 2.18. The zero-order chi connectivity index (χ0) is 15.1. The Hall–Kier alpha value is -0.860. The smallest absolute Gasteiger partial charge is 0.0942 e. The summed E-state index contributed by atoms with van der Waals surface area (Å²) in [5.41, 5.74) is 2.33. The molecule has 114 valence electrons. The summed E-state index contributed by atoms with van der Waals surface area (Å²) in [6, 6.07) is 8.52. The fraction of sp³-hybridized carbons (Fsp3) is 0.667. The van der Waals surface area contributed by atoms with E-state index in [4.69, 9.17) is 0 Å². The highest BCUT2D eigenvalue weighted by atomic mass is 16.3. The Morgan fingerprint density at radius 3 is 2.00 bits per heavy atom. The van der Waals surface area contributed by atoms with Gasteiger partial charge in [-0.3, -0.25) is 0 Å². The van der Waals surface area contributed by atoms with Crippen LogP contribution in [0, 0.1) is 5.92 Å². The van der Waals surface area contributed by atoms with Crippen LogP contribution in [0.1, 0.15) is 70.6 Å². The van der Waals surface area contributed by atoms with Gasteiger partial charge in [0.1, 0.15) is 0 Å². The lowest BCUT2D eigenvalue weighted by Crippen LogP contribution is -2.35. The van der Waals surface area contributed by atoms with Gasteiger partial charge in [-0.1, -0.05) is 58.9 Å². The largest absolute Gasteiger partial charge is 0.387 e. The summed E-state index contributed by atoms with van der Waals surface area (Å²) in [5, 5.41) is 14.0. The first-order valence-electron chi connectivity index (χ1n) is 7.97. The van der Waals surface area contributed by atoms with E-state index in [1.165, 1.54) is 5.56 Å². The third kappa shape index (κ3) is 5.26. The summed E-state index contributed by atoms with van der Waals surface area (Å²) in [4.78, 5) is 0. The van der Waals surface area contributed by atoms with E-state index in [1.807, 2.05) is 0 Å². The van der Waals surface area contributed by atoms with Gasteiger partial charge in [0.15, 0.2) is 0 Å². The average molecular weight is 277 g/mol. The fourth-order valence-corrected chi connectivity index (χ4v) is 2.35. The standard InChI is InChI=1S/C18H31NO/c1-6-17(19-12-11-13(2)3)18(20)16-9-7-15(8-10-16)14(4)5/h7-10,13-14,17-20H,6,11-12H2,1-5H3. The molecule has 1 rings (SSSR count). The van der Waals surface area contributed by atoms with E-state index in [-0.39, 0.29) is 6.04 Å². The van der Waals surface area contributed by atoms with E-state index in [0.29, 0.717) is 11.8 Å². The maximum Gasteiger partial charge on any atom is 0.0942 e. The van der Waals surface area contributed by atoms with Crippen molar-refractivity contribution in [2.75, 3.05) is 6.54 Å². The Kier molecular flexibility index (Phi) is 7.25. The number of benzene rings is 1. The third-order valence-corrected chi connectivity index (χ3v) is 3.89. The molecule has 2 unspecified atom stereocenters. The molecule has 2 heteroatoms. The van der Waals surface area contributed by atoms with Gasteiger partial charge >= 0.3 is 0 Å². The van der Waals surface area contributed by atoms with Crippen molar-refractivity contribution in [3.63, 3.8) is 0 Å². The van der Waals surface area contributed by atoms with Gasteiger partial charge in [0.05, 0.1) is 6.10 Å². The van der Waals surface area contributed by atoms with Gasteiger partial charge in [0.2, 0.25) is 0 Å². The molecule has 0 bridgehead atoms. The molecule has 0 radical (unpaired) electrons. The molecule has 2 atom stereocenters. The molecule has 0 fully saturated rings. The lowest BCUT2D eigenvalue weighted by molar-refractivity contribution is 0.125. The van der Waals surface area contributed by atoms with Crippen LogP contribution in [0.2, 0.25) is 0 Å². The summed E-state index contributed by atoms with van der Waals surface area (Å²) in [6.07, 6.45) is 1.66. The van der Waals surface area contributed by atoms with Crippen LogP contribution in [0.5, 0.6) is 0 Å². The number of hydrogen-bond donors (Lipinski definition) is 2. The minimum Gasteiger partial charge on any atom is -0.387 e. The van der Waals surface area contributed by atoms with Crippen LogP contribution in [0.3, 0.4) is 0 Å². The number of aliphatic hydroxyl groups excluding tert-OH is 1. The molecule has 1 aromatic rings. The second-order valence-electron chi connectivity index (χ2n) is 6.42. The quantitative estimate of drug-likeness (QED) is 0.744. The lowest BCUT2D eigenvalue weighted by atomic mass is 9.96. The number of nitrogens with one attached hydrogen (secondary N) is 1. The lowest BCUT2D eigenvalue weighted by Gasteiger charge is -2.24. The van der Waals surface area contributed by atoms with Crippen molar-refractivity contribution in [1.29, 1.82) is 0 Å². The molecule has 20 heavy (non-hydrogen) atoms. The normalized spacial score (nSPS) is 14.8. The van der Waals surface area contributed by atoms with Crippen LogP contribution in [-0.4, -0.2) is 17.7 Å². The van der Waals surface area contributed by atoms with E-state index < -0.39 is 6.10 Å². The highest BCUT2D eigenvalue weighted by molar-refractivity contribution is 5.26. The van der Waals surface area contributed by atoms with Gasteiger partial charge in [-0.2, -0.15) is 0 Å². The maximum atomic E-state index is 10.5.